The molecule has 0 radical (unpaired) electrons. The monoisotopic (exact) mass is 492 g/mol. The molecule has 2 heterocycles. The number of hydrogen-bond donors (Lipinski definition) is 4. The molecule has 188 valence electrons. The highest BCUT2D eigenvalue weighted by atomic mass is 16.6. The first kappa shape index (κ1) is 24.8. The number of hydrogen-bond acceptors (Lipinski definition) is 5. The molecule has 1 saturated heterocycles. The predicted octanol–water partition coefficient (Wildman–Crippen LogP) is 2.20. The number of amides is 3. The lowest BCUT2D eigenvalue weighted by Crippen LogP contribution is -2.50. The number of aliphatic carboxylic acids is 1. The van der Waals surface area contributed by atoms with E-state index in [2.05, 4.69) is 15.6 Å². The van der Waals surface area contributed by atoms with Gasteiger partial charge in [-0.1, -0.05) is 48.5 Å². The minimum absolute atomic E-state index is 0.0860. The van der Waals surface area contributed by atoms with E-state index in [4.69, 9.17) is 4.74 Å². The molecule has 10 heteroatoms. The summed E-state index contributed by atoms with van der Waals surface area (Å²) in [4.78, 5) is 53.8. The Bertz CT molecular complexity index is 1240. The molecule has 2 atom stereocenters. The summed E-state index contributed by atoms with van der Waals surface area (Å²) in [6.07, 6.45) is 2.30. The van der Waals surface area contributed by atoms with Crippen LogP contribution in [0.2, 0.25) is 0 Å². The van der Waals surface area contributed by atoms with Gasteiger partial charge in [0, 0.05) is 30.1 Å². The molecule has 4 N–H and O–H groups in total. The first-order valence-electron chi connectivity index (χ1n) is 11.7. The van der Waals surface area contributed by atoms with Gasteiger partial charge in [-0.3, -0.25) is 14.5 Å². The van der Waals surface area contributed by atoms with Crippen LogP contribution in [0.15, 0.2) is 60.8 Å². The topological polar surface area (TPSA) is 141 Å². The predicted molar refractivity (Wildman–Crippen MR) is 131 cm³/mol. The van der Waals surface area contributed by atoms with E-state index in [1.807, 2.05) is 54.6 Å². The van der Waals surface area contributed by atoms with Crippen LogP contribution in [0, 0.1) is 0 Å². The third kappa shape index (κ3) is 6.01. The fraction of sp³-hybridized carbons (Fsp3) is 0.308. The van der Waals surface area contributed by atoms with Gasteiger partial charge in [-0.15, -0.1) is 0 Å². The van der Waals surface area contributed by atoms with Gasteiger partial charge in [0.05, 0.1) is 6.54 Å². The van der Waals surface area contributed by atoms with Crippen molar-refractivity contribution in [2.24, 2.45) is 0 Å². The van der Waals surface area contributed by atoms with Crippen molar-refractivity contribution in [3.63, 3.8) is 0 Å². The lowest BCUT2D eigenvalue weighted by molar-refractivity contribution is -0.141. The normalized spacial score (nSPS) is 15.9. The maximum atomic E-state index is 12.7. The number of fused-ring (bicyclic) bond motifs is 1. The molecule has 3 amide bonds. The second-order valence-corrected chi connectivity index (χ2v) is 8.63. The molecule has 1 aliphatic rings. The molecule has 1 aromatic heterocycles. The van der Waals surface area contributed by atoms with Crippen molar-refractivity contribution in [2.45, 2.75) is 38.0 Å². The number of likely N-dealkylation sites (tertiary alicyclic amines) is 1. The van der Waals surface area contributed by atoms with Gasteiger partial charge in [-0.2, -0.15) is 0 Å². The Morgan fingerprint density at radius 3 is 2.61 bits per heavy atom. The van der Waals surface area contributed by atoms with E-state index in [1.165, 1.54) is 4.90 Å². The zero-order valence-corrected chi connectivity index (χ0v) is 19.6. The average molecular weight is 493 g/mol. The number of carbonyl (C=O) groups excluding carboxylic acids is 3. The van der Waals surface area contributed by atoms with Gasteiger partial charge in [0.1, 0.15) is 18.7 Å². The Kier molecular flexibility index (Phi) is 7.84. The lowest BCUT2D eigenvalue weighted by atomic mass is 10.0. The molecular weight excluding hydrogens is 464 g/mol. The van der Waals surface area contributed by atoms with Crippen molar-refractivity contribution in [3.05, 3.63) is 71.9 Å². The van der Waals surface area contributed by atoms with Gasteiger partial charge in [0.25, 0.3) is 0 Å². The van der Waals surface area contributed by atoms with Crippen LogP contribution in [0.1, 0.15) is 24.0 Å². The number of para-hydroxylation sites is 1. The first-order chi connectivity index (χ1) is 17.4. The van der Waals surface area contributed by atoms with E-state index in [-0.39, 0.29) is 13.0 Å². The summed E-state index contributed by atoms with van der Waals surface area (Å²) in [7, 11) is 0. The maximum absolute atomic E-state index is 12.7. The van der Waals surface area contributed by atoms with E-state index in [9.17, 15) is 24.3 Å². The molecule has 0 bridgehead atoms. The third-order valence-electron chi connectivity index (χ3n) is 6.15. The Morgan fingerprint density at radius 2 is 1.83 bits per heavy atom. The van der Waals surface area contributed by atoms with Crippen molar-refractivity contribution in [3.8, 4) is 0 Å². The van der Waals surface area contributed by atoms with Crippen LogP contribution in [0.5, 0.6) is 0 Å². The molecule has 4 rings (SSSR count). The summed E-state index contributed by atoms with van der Waals surface area (Å²) in [5.41, 5.74) is 2.47. The van der Waals surface area contributed by atoms with Crippen LogP contribution in [0.25, 0.3) is 10.9 Å². The van der Waals surface area contributed by atoms with Gasteiger partial charge in [-0.25, -0.2) is 9.59 Å². The van der Waals surface area contributed by atoms with Crippen LogP contribution in [0.3, 0.4) is 0 Å². The molecule has 1 aliphatic heterocycles. The zero-order chi connectivity index (χ0) is 25.5. The molecule has 36 heavy (non-hydrogen) atoms. The average Bonchev–Trinajstić information content (AvgIpc) is 3.54. The number of benzene rings is 2. The van der Waals surface area contributed by atoms with Crippen LogP contribution in [-0.2, 0) is 32.1 Å². The van der Waals surface area contributed by atoms with E-state index in [0.29, 0.717) is 19.4 Å². The van der Waals surface area contributed by atoms with Crippen LogP contribution < -0.4 is 10.6 Å². The first-order valence-corrected chi connectivity index (χ1v) is 11.7. The molecule has 0 saturated carbocycles. The summed E-state index contributed by atoms with van der Waals surface area (Å²) < 4.78 is 5.34. The zero-order valence-electron chi connectivity index (χ0n) is 19.6. The molecular formula is C26H28N4O6. The Balaban J connectivity index is 1.28. The van der Waals surface area contributed by atoms with Gasteiger partial charge in [-0.05, 0) is 30.0 Å². The van der Waals surface area contributed by atoms with Gasteiger partial charge < -0.3 is 25.5 Å². The SMILES string of the molecule is O=C(CNC(=O)[C@H]1CCCN1C(=O)OCc1ccccc1)N[C@@H](Cc1c[nH]c2ccccc12)C(=O)O. The Hall–Kier alpha value is -4.34. The summed E-state index contributed by atoms with van der Waals surface area (Å²) in [6, 6.07) is 14.8. The van der Waals surface area contributed by atoms with Gasteiger partial charge in [0.15, 0.2) is 0 Å². The molecule has 1 fully saturated rings. The molecule has 0 aliphatic carbocycles. The number of aromatic nitrogens is 1. The highest BCUT2D eigenvalue weighted by molar-refractivity contribution is 5.91. The summed E-state index contributed by atoms with van der Waals surface area (Å²) >= 11 is 0. The largest absolute Gasteiger partial charge is 0.480 e. The van der Waals surface area contributed by atoms with Crippen molar-refractivity contribution in [2.75, 3.05) is 13.1 Å². The molecule has 0 spiro atoms. The highest BCUT2D eigenvalue weighted by Crippen LogP contribution is 2.20. The van der Waals surface area contributed by atoms with Crippen molar-refractivity contribution in [1.82, 2.24) is 20.5 Å². The number of carboxylic acid groups (broad SMARTS) is 1. The molecule has 10 nitrogen and oxygen atoms in total. The quantitative estimate of drug-likeness (QED) is 0.361. The number of nitrogens with zero attached hydrogens (tertiary/aromatic N) is 1. The van der Waals surface area contributed by atoms with Crippen LogP contribution >= 0.6 is 0 Å². The van der Waals surface area contributed by atoms with E-state index in [1.54, 1.807) is 6.20 Å². The third-order valence-corrected chi connectivity index (χ3v) is 6.15. The fourth-order valence-electron chi connectivity index (χ4n) is 4.31. The standard InChI is InChI=1S/C26H28N4O6/c31-23(29-21(25(33)34)13-18-14-27-20-10-5-4-9-19(18)20)15-28-24(32)22-11-6-12-30(22)26(35)36-16-17-7-2-1-3-8-17/h1-5,7-10,14,21-22,27H,6,11-13,15-16H2,(H,28,32)(H,29,31)(H,33,34)/t21-,22+/m0/s1. The summed E-state index contributed by atoms with van der Waals surface area (Å²) in [5.74, 6) is -2.29. The minimum atomic E-state index is -1.18. The fourth-order valence-corrected chi connectivity index (χ4v) is 4.31. The number of nitrogens with one attached hydrogen (secondary N) is 3. The van der Waals surface area contributed by atoms with E-state index >= 15 is 0 Å². The molecule has 0 unspecified atom stereocenters. The number of ether oxygens (including phenoxy) is 1. The number of carboxylic acids is 1. The maximum Gasteiger partial charge on any atom is 0.410 e. The lowest BCUT2D eigenvalue weighted by Gasteiger charge is -2.23. The van der Waals surface area contributed by atoms with Crippen LogP contribution in [0.4, 0.5) is 4.79 Å². The van der Waals surface area contributed by atoms with Gasteiger partial charge in [0.2, 0.25) is 11.8 Å². The molecule has 2 aromatic carbocycles. The highest BCUT2D eigenvalue weighted by Gasteiger charge is 2.35. The number of H-pyrrole nitrogens is 1. The number of rotatable bonds is 9. The second-order valence-electron chi connectivity index (χ2n) is 8.63. The van der Waals surface area contributed by atoms with E-state index < -0.39 is 42.5 Å². The van der Waals surface area contributed by atoms with Gasteiger partial charge >= 0.3 is 12.1 Å². The minimum Gasteiger partial charge on any atom is -0.480 e. The van der Waals surface area contributed by atoms with Crippen molar-refractivity contribution < 1.29 is 29.0 Å². The van der Waals surface area contributed by atoms with E-state index in [0.717, 1.165) is 22.0 Å². The number of aromatic amines is 1. The second kappa shape index (κ2) is 11.4. The Morgan fingerprint density at radius 1 is 1.08 bits per heavy atom. The van der Waals surface area contributed by atoms with Crippen LogP contribution in [-0.4, -0.2) is 64.0 Å². The smallest absolute Gasteiger partial charge is 0.410 e. The summed E-state index contributed by atoms with van der Waals surface area (Å²) in [5, 5.41) is 15.5. The van der Waals surface area contributed by atoms with Crippen molar-refractivity contribution >= 4 is 34.8 Å². The summed E-state index contributed by atoms with van der Waals surface area (Å²) in [6.45, 7) is 0.0729. The molecule has 3 aromatic rings. The van der Waals surface area contributed by atoms with Crippen molar-refractivity contribution in [1.29, 1.82) is 0 Å². The number of carbonyl (C=O) groups is 4. The Labute approximate surface area is 207 Å².